The third kappa shape index (κ3) is 1.00. The highest BCUT2D eigenvalue weighted by atomic mass is 16.1. The predicted molar refractivity (Wildman–Crippen MR) is 37.1 cm³/mol. The zero-order chi connectivity index (χ0) is 7.02. The molecule has 2 unspecified atom stereocenters. The lowest BCUT2D eigenvalue weighted by Crippen LogP contribution is -2.37. The Bertz CT molecular complexity index is 121. The first-order valence-corrected chi connectivity index (χ1v) is 3.63. The highest BCUT2D eigenvalue weighted by molar-refractivity contribution is 5.79. The number of rotatable bonds is 1. The van der Waals surface area contributed by atoms with Crippen molar-refractivity contribution in [3.63, 3.8) is 0 Å². The van der Waals surface area contributed by atoms with Crippen LogP contribution >= 0.6 is 0 Å². The summed E-state index contributed by atoms with van der Waals surface area (Å²) in [7, 11) is 0. The molecule has 1 saturated carbocycles. The number of carbonyl (C=O) groups excluding carboxylic acids is 1. The van der Waals surface area contributed by atoms with Crippen LogP contribution in [0.2, 0.25) is 0 Å². The Labute approximate surface area is 56.4 Å². The molecule has 1 aliphatic rings. The topological polar surface area (TPSA) is 17.1 Å². The van der Waals surface area contributed by atoms with Crippen molar-refractivity contribution in [2.24, 2.45) is 17.8 Å². The number of hydrogen-bond donors (Lipinski definition) is 0. The molecule has 0 amide bonds. The van der Waals surface area contributed by atoms with Crippen molar-refractivity contribution in [2.45, 2.75) is 27.2 Å². The van der Waals surface area contributed by atoms with Crippen LogP contribution < -0.4 is 0 Å². The van der Waals surface area contributed by atoms with Crippen LogP contribution in [-0.4, -0.2) is 5.78 Å². The molecule has 0 saturated heterocycles. The molecular weight excluding hydrogens is 112 g/mol. The summed E-state index contributed by atoms with van der Waals surface area (Å²) in [5.41, 5.74) is 0. The Balaban J connectivity index is 2.49. The molecular formula is C8H14O. The molecule has 0 N–H and O–H groups in total. The van der Waals surface area contributed by atoms with Gasteiger partial charge in [-0.1, -0.05) is 13.8 Å². The van der Waals surface area contributed by atoms with E-state index < -0.39 is 0 Å². The fourth-order valence-corrected chi connectivity index (χ4v) is 2.05. The second-order valence-corrected chi connectivity index (χ2v) is 3.33. The number of carbonyl (C=O) groups is 1. The van der Waals surface area contributed by atoms with E-state index in [1.165, 1.54) is 6.42 Å². The van der Waals surface area contributed by atoms with Crippen LogP contribution in [0.4, 0.5) is 0 Å². The Hall–Kier alpha value is -0.330. The van der Waals surface area contributed by atoms with Gasteiger partial charge in [-0.2, -0.15) is 0 Å². The number of hydrogen-bond acceptors (Lipinski definition) is 1. The smallest absolute Gasteiger partial charge is 0.133 e. The Morgan fingerprint density at radius 2 is 1.78 bits per heavy atom. The van der Waals surface area contributed by atoms with E-state index in [1.54, 1.807) is 6.92 Å². The summed E-state index contributed by atoms with van der Waals surface area (Å²) in [6, 6.07) is 0. The number of ketones is 1. The highest BCUT2D eigenvalue weighted by Gasteiger charge is 2.37. The van der Waals surface area contributed by atoms with Gasteiger partial charge in [-0.25, -0.2) is 0 Å². The second-order valence-electron chi connectivity index (χ2n) is 3.33. The Morgan fingerprint density at radius 3 is 1.89 bits per heavy atom. The summed E-state index contributed by atoms with van der Waals surface area (Å²) in [6.07, 6.45) is 1.24. The average Bonchev–Trinajstić information content (AvgIpc) is 1.62. The van der Waals surface area contributed by atoms with Gasteiger partial charge in [0, 0.05) is 5.92 Å². The molecule has 0 aromatic carbocycles. The lowest BCUT2D eigenvalue weighted by atomic mass is 9.65. The van der Waals surface area contributed by atoms with Crippen molar-refractivity contribution in [1.29, 1.82) is 0 Å². The van der Waals surface area contributed by atoms with Gasteiger partial charge in [0.15, 0.2) is 0 Å². The van der Waals surface area contributed by atoms with Crippen LogP contribution in [0.25, 0.3) is 0 Å². The van der Waals surface area contributed by atoms with E-state index in [0.717, 1.165) is 0 Å². The van der Waals surface area contributed by atoms with Crippen molar-refractivity contribution < 1.29 is 4.79 Å². The maximum absolute atomic E-state index is 10.8. The fourth-order valence-electron chi connectivity index (χ4n) is 2.05. The molecule has 0 aliphatic heterocycles. The molecule has 0 spiro atoms. The molecule has 0 radical (unpaired) electrons. The quantitative estimate of drug-likeness (QED) is 0.524. The molecule has 9 heavy (non-hydrogen) atoms. The standard InChI is InChI=1S/C8H14O/c1-5-4-6(2)8(5)7(3)9/h5-6,8H,4H2,1-3H3. The van der Waals surface area contributed by atoms with Crippen molar-refractivity contribution in [3.05, 3.63) is 0 Å². The second kappa shape index (κ2) is 2.13. The van der Waals surface area contributed by atoms with Crippen molar-refractivity contribution in [1.82, 2.24) is 0 Å². The normalized spacial score (nSPS) is 41.9. The zero-order valence-corrected chi connectivity index (χ0v) is 6.35. The van der Waals surface area contributed by atoms with E-state index >= 15 is 0 Å². The molecule has 1 fully saturated rings. The molecule has 1 aliphatic carbocycles. The lowest BCUT2D eigenvalue weighted by molar-refractivity contribution is -0.128. The molecule has 0 aromatic heterocycles. The lowest BCUT2D eigenvalue weighted by Gasteiger charge is -2.39. The summed E-state index contributed by atoms with van der Waals surface area (Å²) in [5, 5.41) is 0. The Kier molecular flexibility index (Phi) is 1.60. The van der Waals surface area contributed by atoms with Crippen LogP contribution in [0.5, 0.6) is 0 Å². The summed E-state index contributed by atoms with van der Waals surface area (Å²) < 4.78 is 0. The van der Waals surface area contributed by atoms with Crippen LogP contribution in [0.15, 0.2) is 0 Å². The van der Waals surface area contributed by atoms with Gasteiger partial charge in [-0.15, -0.1) is 0 Å². The molecule has 0 heterocycles. The minimum Gasteiger partial charge on any atom is -0.300 e. The van der Waals surface area contributed by atoms with Crippen LogP contribution in [-0.2, 0) is 4.79 Å². The van der Waals surface area contributed by atoms with E-state index in [-0.39, 0.29) is 0 Å². The fraction of sp³-hybridized carbons (Fsp3) is 0.875. The molecule has 1 heteroatoms. The first-order valence-electron chi connectivity index (χ1n) is 3.63. The average molecular weight is 126 g/mol. The first-order chi connectivity index (χ1) is 4.13. The minimum absolute atomic E-state index is 0.376. The maximum Gasteiger partial charge on any atom is 0.133 e. The largest absolute Gasteiger partial charge is 0.300 e. The van der Waals surface area contributed by atoms with Gasteiger partial charge in [-0.05, 0) is 25.2 Å². The maximum atomic E-state index is 10.8. The Morgan fingerprint density at radius 1 is 1.33 bits per heavy atom. The third-order valence-corrected chi connectivity index (χ3v) is 2.44. The summed E-state index contributed by atoms with van der Waals surface area (Å²) in [6.45, 7) is 6.02. The molecule has 0 bridgehead atoms. The monoisotopic (exact) mass is 126 g/mol. The van der Waals surface area contributed by atoms with Gasteiger partial charge in [0.1, 0.15) is 5.78 Å². The highest BCUT2D eigenvalue weighted by Crippen LogP contribution is 2.39. The third-order valence-electron chi connectivity index (χ3n) is 2.44. The van der Waals surface area contributed by atoms with Crippen LogP contribution in [0, 0.1) is 17.8 Å². The van der Waals surface area contributed by atoms with Crippen LogP contribution in [0.3, 0.4) is 0 Å². The molecule has 52 valence electrons. The van der Waals surface area contributed by atoms with Crippen molar-refractivity contribution in [2.75, 3.05) is 0 Å². The van der Waals surface area contributed by atoms with E-state index in [2.05, 4.69) is 13.8 Å². The number of Topliss-reactive ketones (excluding diaryl/α,β-unsaturated/α-hetero) is 1. The van der Waals surface area contributed by atoms with Crippen molar-refractivity contribution >= 4 is 5.78 Å². The van der Waals surface area contributed by atoms with Gasteiger partial charge < -0.3 is 0 Å². The van der Waals surface area contributed by atoms with Crippen molar-refractivity contribution in [3.8, 4) is 0 Å². The summed E-state index contributed by atoms with van der Waals surface area (Å²) in [5.74, 6) is 2.06. The minimum atomic E-state index is 0.376. The van der Waals surface area contributed by atoms with Gasteiger partial charge in [0.25, 0.3) is 0 Å². The van der Waals surface area contributed by atoms with Gasteiger partial charge >= 0.3 is 0 Å². The predicted octanol–water partition coefficient (Wildman–Crippen LogP) is 1.87. The SMILES string of the molecule is CC(=O)C1C(C)CC1C. The molecule has 1 rings (SSSR count). The summed E-state index contributed by atoms with van der Waals surface area (Å²) >= 11 is 0. The van der Waals surface area contributed by atoms with Gasteiger partial charge in [0.2, 0.25) is 0 Å². The van der Waals surface area contributed by atoms with Crippen LogP contribution in [0.1, 0.15) is 27.2 Å². The van der Waals surface area contributed by atoms with E-state index in [0.29, 0.717) is 23.5 Å². The molecule has 1 nitrogen and oxygen atoms in total. The van der Waals surface area contributed by atoms with E-state index in [9.17, 15) is 4.79 Å². The van der Waals surface area contributed by atoms with Gasteiger partial charge in [-0.3, -0.25) is 4.79 Å². The zero-order valence-electron chi connectivity index (χ0n) is 6.35. The molecule has 0 aromatic rings. The van der Waals surface area contributed by atoms with E-state index in [4.69, 9.17) is 0 Å². The van der Waals surface area contributed by atoms with Gasteiger partial charge in [0.05, 0.1) is 0 Å². The molecule has 2 atom stereocenters. The summed E-state index contributed by atoms with van der Waals surface area (Å²) in [4.78, 5) is 10.8. The first kappa shape index (κ1) is 6.79. The van der Waals surface area contributed by atoms with E-state index in [1.807, 2.05) is 0 Å².